The average molecular weight is 219 g/mol. The molecule has 0 aromatic carbocycles. The maximum absolute atomic E-state index is 12.0. The molecule has 1 N–H and O–H groups in total. The first-order valence-corrected chi connectivity index (χ1v) is 5.58. The molecule has 1 saturated heterocycles. The van der Waals surface area contributed by atoms with Crippen molar-refractivity contribution in [1.82, 2.24) is 4.90 Å². The van der Waals surface area contributed by atoms with E-state index in [0.29, 0.717) is 12.8 Å². The van der Waals surface area contributed by atoms with Crippen LogP contribution in [0.25, 0.3) is 0 Å². The Bertz CT molecular complexity index is 376. The van der Waals surface area contributed by atoms with Gasteiger partial charge in [0, 0.05) is 6.04 Å². The highest BCUT2D eigenvalue weighted by Crippen LogP contribution is 2.37. The summed E-state index contributed by atoms with van der Waals surface area (Å²) in [4.78, 5) is 25.4. The molecule has 3 aliphatic rings. The van der Waals surface area contributed by atoms with Gasteiger partial charge in [-0.1, -0.05) is 24.3 Å². The van der Waals surface area contributed by atoms with Crippen LogP contribution in [0.5, 0.6) is 0 Å². The molecule has 2 amide bonds. The second kappa shape index (κ2) is 3.28. The van der Waals surface area contributed by atoms with E-state index < -0.39 is 0 Å². The van der Waals surface area contributed by atoms with Gasteiger partial charge in [-0.05, 0) is 12.8 Å². The Balaban J connectivity index is 1.86. The number of likely N-dealkylation sites (tertiary alicyclic amines) is 1. The van der Waals surface area contributed by atoms with Crippen LogP contribution in [0.3, 0.4) is 0 Å². The first-order chi connectivity index (χ1) is 7.68. The quantitative estimate of drug-likeness (QED) is 0.642. The number of hydrogen-bond acceptors (Lipinski definition) is 3. The number of aliphatic hydroxyl groups is 1. The van der Waals surface area contributed by atoms with Gasteiger partial charge in [0.05, 0.1) is 17.9 Å². The normalized spacial score (nSPS) is 41.2. The third-order valence-corrected chi connectivity index (χ3v) is 3.63. The van der Waals surface area contributed by atoms with Crippen LogP contribution in [-0.2, 0) is 9.59 Å². The smallest absolute Gasteiger partial charge is 0.237 e. The number of hydrogen-bond donors (Lipinski definition) is 1. The Morgan fingerprint density at radius 3 is 2.00 bits per heavy atom. The van der Waals surface area contributed by atoms with Crippen molar-refractivity contribution in [3.8, 4) is 0 Å². The number of aliphatic hydroxyl groups excluding tert-OH is 1. The van der Waals surface area contributed by atoms with Crippen LogP contribution in [0, 0.1) is 11.8 Å². The minimum absolute atomic E-state index is 0.0811. The van der Waals surface area contributed by atoms with Gasteiger partial charge >= 0.3 is 0 Å². The molecule has 2 atom stereocenters. The van der Waals surface area contributed by atoms with E-state index in [2.05, 4.69) is 0 Å². The predicted molar refractivity (Wildman–Crippen MR) is 56.1 cm³/mol. The van der Waals surface area contributed by atoms with E-state index in [4.69, 9.17) is 0 Å². The molecule has 0 aromatic rings. The van der Waals surface area contributed by atoms with Gasteiger partial charge in [0.2, 0.25) is 11.8 Å². The molecular formula is C12H13NO3. The molecule has 0 radical (unpaired) electrons. The zero-order valence-electron chi connectivity index (χ0n) is 8.74. The molecule has 1 aliphatic heterocycles. The van der Waals surface area contributed by atoms with E-state index in [1.807, 2.05) is 12.2 Å². The summed E-state index contributed by atoms with van der Waals surface area (Å²) in [6, 6.07) is -0.0811. The molecule has 0 bridgehead atoms. The maximum Gasteiger partial charge on any atom is 0.237 e. The fourth-order valence-electron chi connectivity index (χ4n) is 2.64. The average Bonchev–Trinajstić information content (AvgIpc) is 2.49. The molecule has 2 unspecified atom stereocenters. The lowest BCUT2D eigenvalue weighted by atomic mass is 9.88. The Morgan fingerprint density at radius 2 is 1.56 bits per heavy atom. The highest BCUT2D eigenvalue weighted by atomic mass is 16.3. The molecule has 4 heteroatoms. The van der Waals surface area contributed by atoms with Gasteiger partial charge in [-0.15, -0.1) is 0 Å². The van der Waals surface area contributed by atoms with Gasteiger partial charge < -0.3 is 5.11 Å². The van der Waals surface area contributed by atoms with E-state index in [9.17, 15) is 14.7 Å². The molecule has 4 nitrogen and oxygen atoms in total. The lowest BCUT2D eigenvalue weighted by Crippen LogP contribution is -2.50. The van der Waals surface area contributed by atoms with Gasteiger partial charge in [0.25, 0.3) is 0 Å². The molecule has 84 valence electrons. The van der Waals surface area contributed by atoms with E-state index in [1.165, 1.54) is 4.90 Å². The van der Waals surface area contributed by atoms with Crippen LogP contribution in [0.1, 0.15) is 12.8 Å². The summed E-state index contributed by atoms with van der Waals surface area (Å²) in [7, 11) is 0. The van der Waals surface area contributed by atoms with Crippen LogP contribution < -0.4 is 0 Å². The first-order valence-electron chi connectivity index (χ1n) is 5.58. The number of fused-ring (bicyclic) bond motifs is 1. The maximum atomic E-state index is 12.0. The standard InChI is InChI=1S/C12H13NO3/c14-8-5-7(6-8)13-11(15)9-3-1-2-4-10(9)12(13)16/h1-4,7-10,14H,5-6H2. The van der Waals surface area contributed by atoms with Crippen molar-refractivity contribution in [3.63, 3.8) is 0 Å². The van der Waals surface area contributed by atoms with Gasteiger partial charge in [0.15, 0.2) is 0 Å². The van der Waals surface area contributed by atoms with E-state index in [1.54, 1.807) is 12.2 Å². The Kier molecular flexibility index (Phi) is 2.01. The van der Waals surface area contributed by atoms with Gasteiger partial charge in [-0.25, -0.2) is 0 Å². The van der Waals surface area contributed by atoms with Gasteiger partial charge in [-0.3, -0.25) is 14.5 Å². The number of imide groups is 1. The van der Waals surface area contributed by atoms with E-state index in [-0.39, 0.29) is 35.8 Å². The van der Waals surface area contributed by atoms with Crippen molar-refractivity contribution < 1.29 is 14.7 Å². The van der Waals surface area contributed by atoms with Crippen molar-refractivity contribution >= 4 is 11.8 Å². The minimum Gasteiger partial charge on any atom is -0.393 e. The molecule has 2 fully saturated rings. The van der Waals surface area contributed by atoms with E-state index in [0.717, 1.165) is 0 Å². The van der Waals surface area contributed by atoms with Crippen molar-refractivity contribution in [1.29, 1.82) is 0 Å². The fraction of sp³-hybridized carbons (Fsp3) is 0.500. The van der Waals surface area contributed by atoms with Crippen molar-refractivity contribution in [2.24, 2.45) is 11.8 Å². The van der Waals surface area contributed by atoms with Crippen molar-refractivity contribution in [2.75, 3.05) is 0 Å². The summed E-state index contributed by atoms with van der Waals surface area (Å²) in [5, 5.41) is 9.23. The number of carbonyl (C=O) groups excluding carboxylic acids is 2. The molecule has 0 spiro atoms. The molecule has 2 aliphatic carbocycles. The minimum atomic E-state index is -0.348. The topological polar surface area (TPSA) is 57.6 Å². The summed E-state index contributed by atoms with van der Waals surface area (Å²) in [5.41, 5.74) is 0. The summed E-state index contributed by atoms with van der Waals surface area (Å²) in [5.74, 6) is -0.828. The van der Waals surface area contributed by atoms with Crippen molar-refractivity contribution in [3.05, 3.63) is 24.3 Å². The summed E-state index contributed by atoms with van der Waals surface area (Å²) in [6.07, 6.45) is 7.92. The number of rotatable bonds is 1. The monoisotopic (exact) mass is 219 g/mol. The third-order valence-electron chi connectivity index (χ3n) is 3.63. The second-order valence-corrected chi connectivity index (χ2v) is 4.65. The zero-order chi connectivity index (χ0) is 11.3. The number of amides is 2. The van der Waals surface area contributed by atoms with Crippen LogP contribution in [0.4, 0.5) is 0 Å². The third kappa shape index (κ3) is 1.19. The number of nitrogens with zero attached hydrogens (tertiary/aromatic N) is 1. The SMILES string of the molecule is O=C1C2C=CC=CC2C(=O)N1C1CC(O)C1. The Labute approximate surface area is 93.2 Å². The zero-order valence-corrected chi connectivity index (χ0v) is 8.74. The van der Waals surface area contributed by atoms with Gasteiger partial charge in [0.1, 0.15) is 0 Å². The molecule has 1 heterocycles. The number of allylic oxidation sites excluding steroid dienone is 2. The van der Waals surface area contributed by atoms with Crippen LogP contribution in [0.15, 0.2) is 24.3 Å². The summed E-state index contributed by atoms with van der Waals surface area (Å²) >= 11 is 0. The Morgan fingerprint density at radius 1 is 1.06 bits per heavy atom. The van der Waals surface area contributed by atoms with Crippen LogP contribution in [-0.4, -0.2) is 34.0 Å². The number of carbonyl (C=O) groups is 2. The molecule has 0 aromatic heterocycles. The van der Waals surface area contributed by atoms with Crippen molar-refractivity contribution in [2.45, 2.75) is 25.0 Å². The molecular weight excluding hydrogens is 206 g/mol. The second-order valence-electron chi connectivity index (χ2n) is 4.65. The highest BCUT2D eigenvalue weighted by molar-refractivity contribution is 6.07. The molecule has 16 heavy (non-hydrogen) atoms. The fourth-order valence-corrected chi connectivity index (χ4v) is 2.64. The van der Waals surface area contributed by atoms with Gasteiger partial charge in [-0.2, -0.15) is 0 Å². The first kappa shape index (κ1) is 9.78. The predicted octanol–water partition coefficient (Wildman–Crippen LogP) is 0.237. The molecule has 3 rings (SSSR count). The summed E-state index contributed by atoms with van der Waals surface area (Å²) in [6.45, 7) is 0. The Hall–Kier alpha value is -1.42. The highest BCUT2D eigenvalue weighted by Gasteiger charge is 2.50. The lowest BCUT2D eigenvalue weighted by molar-refractivity contribution is -0.146. The lowest BCUT2D eigenvalue weighted by Gasteiger charge is -2.37. The largest absolute Gasteiger partial charge is 0.393 e. The molecule has 1 saturated carbocycles. The van der Waals surface area contributed by atoms with Crippen LogP contribution in [0.2, 0.25) is 0 Å². The van der Waals surface area contributed by atoms with Crippen LogP contribution >= 0.6 is 0 Å². The summed E-state index contributed by atoms with van der Waals surface area (Å²) < 4.78 is 0. The van der Waals surface area contributed by atoms with E-state index >= 15 is 0 Å².